The minimum Gasteiger partial charge on any atom is -0.214 e. The molecule has 0 heterocycles. The first-order chi connectivity index (χ1) is 8.49. The Bertz CT molecular complexity index is 520. The lowest BCUT2D eigenvalue weighted by Crippen LogP contribution is -2.34. The van der Waals surface area contributed by atoms with Gasteiger partial charge in [-0.3, -0.25) is 0 Å². The van der Waals surface area contributed by atoms with Crippen LogP contribution in [0.2, 0.25) is 5.02 Å². The van der Waals surface area contributed by atoms with E-state index < -0.39 is 15.3 Å². The number of hydrogen-bond acceptors (Lipinski definition) is 3. The van der Waals surface area contributed by atoms with E-state index in [4.69, 9.17) is 16.9 Å². The van der Waals surface area contributed by atoms with Gasteiger partial charge in [-0.05, 0) is 30.5 Å². The molecule has 1 rings (SSSR count). The number of rotatable bonds is 6. The van der Waals surface area contributed by atoms with Crippen molar-refractivity contribution in [2.24, 2.45) is 0 Å². The van der Waals surface area contributed by atoms with Gasteiger partial charge in [-0.1, -0.05) is 30.7 Å². The van der Waals surface area contributed by atoms with E-state index in [-0.39, 0.29) is 13.0 Å². The lowest BCUT2D eigenvalue weighted by atomic mass is 10.2. The number of sulfonamides is 1. The Labute approximate surface area is 113 Å². The molecule has 1 N–H and O–H groups in total. The molecule has 0 radical (unpaired) electrons. The van der Waals surface area contributed by atoms with Crippen molar-refractivity contribution in [1.29, 1.82) is 5.26 Å². The molecule has 1 aromatic carbocycles. The van der Waals surface area contributed by atoms with Gasteiger partial charge < -0.3 is 0 Å². The molecule has 0 aliphatic heterocycles. The van der Waals surface area contributed by atoms with Crippen LogP contribution < -0.4 is 4.72 Å². The molecule has 1 atom stereocenters. The van der Waals surface area contributed by atoms with E-state index in [1.807, 2.05) is 12.1 Å². The molecule has 0 fully saturated rings. The van der Waals surface area contributed by atoms with Crippen LogP contribution >= 0.6 is 11.6 Å². The van der Waals surface area contributed by atoms with Crippen LogP contribution in [0.15, 0.2) is 24.3 Å². The van der Waals surface area contributed by atoms with Gasteiger partial charge in [-0.25, -0.2) is 13.1 Å². The molecule has 4 nitrogen and oxygen atoms in total. The number of nitriles is 1. The third kappa shape index (κ3) is 4.30. The van der Waals surface area contributed by atoms with Crippen molar-refractivity contribution < 1.29 is 8.42 Å². The number of halogens is 1. The highest BCUT2D eigenvalue weighted by Gasteiger charge is 2.22. The van der Waals surface area contributed by atoms with Gasteiger partial charge in [0, 0.05) is 11.6 Å². The van der Waals surface area contributed by atoms with Crippen LogP contribution in [-0.2, 0) is 16.4 Å². The van der Waals surface area contributed by atoms with Crippen molar-refractivity contribution in [2.75, 3.05) is 6.54 Å². The fourth-order valence-electron chi connectivity index (χ4n) is 1.47. The number of hydrogen-bond donors (Lipinski definition) is 1. The SMILES string of the molecule is CCC(C#N)S(=O)(=O)NCCc1ccc(Cl)cc1. The van der Waals surface area contributed by atoms with Crippen LogP contribution in [0.25, 0.3) is 0 Å². The van der Waals surface area contributed by atoms with Gasteiger partial charge in [0.15, 0.2) is 5.25 Å². The number of nitrogens with zero attached hydrogens (tertiary/aromatic N) is 1. The molecule has 0 aromatic heterocycles. The Morgan fingerprint density at radius 3 is 2.50 bits per heavy atom. The maximum absolute atomic E-state index is 11.7. The normalized spacial score (nSPS) is 12.9. The number of nitrogens with one attached hydrogen (secondary N) is 1. The molecule has 1 unspecified atom stereocenters. The molecule has 1 aromatic rings. The third-order valence-corrected chi connectivity index (χ3v) is 4.57. The molecule has 0 bridgehead atoms. The summed E-state index contributed by atoms with van der Waals surface area (Å²) in [6, 6.07) is 8.99. The zero-order chi connectivity index (χ0) is 13.6. The summed E-state index contributed by atoms with van der Waals surface area (Å²) in [6.45, 7) is 1.95. The van der Waals surface area contributed by atoms with Crippen LogP contribution in [-0.4, -0.2) is 20.2 Å². The highest BCUT2D eigenvalue weighted by Crippen LogP contribution is 2.10. The van der Waals surface area contributed by atoms with E-state index in [0.717, 1.165) is 5.56 Å². The highest BCUT2D eigenvalue weighted by molar-refractivity contribution is 7.90. The average Bonchev–Trinajstić information content (AvgIpc) is 2.32. The molecule has 18 heavy (non-hydrogen) atoms. The lowest BCUT2D eigenvalue weighted by Gasteiger charge is -2.09. The van der Waals surface area contributed by atoms with Crippen molar-refractivity contribution >= 4 is 21.6 Å². The summed E-state index contributed by atoms with van der Waals surface area (Å²) >= 11 is 5.75. The highest BCUT2D eigenvalue weighted by atomic mass is 35.5. The Kier molecular flexibility index (Phi) is 5.60. The molecule has 98 valence electrons. The standard InChI is InChI=1S/C12H15ClN2O2S/c1-2-12(9-14)18(16,17)15-8-7-10-3-5-11(13)6-4-10/h3-6,12,15H,2,7-8H2,1H3. The van der Waals surface area contributed by atoms with Gasteiger partial charge >= 0.3 is 0 Å². The van der Waals surface area contributed by atoms with Crippen LogP contribution in [0.3, 0.4) is 0 Å². The van der Waals surface area contributed by atoms with Crippen molar-refractivity contribution in [3.8, 4) is 6.07 Å². The molecule has 0 spiro atoms. The molecule has 0 saturated heterocycles. The van der Waals surface area contributed by atoms with Gasteiger partial charge in [-0.2, -0.15) is 5.26 Å². The quantitative estimate of drug-likeness (QED) is 0.871. The molecule has 0 aliphatic rings. The first-order valence-electron chi connectivity index (χ1n) is 5.62. The summed E-state index contributed by atoms with van der Waals surface area (Å²) in [6.07, 6.45) is 0.852. The summed E-state index contributed by atoms with van der Waals surface area (Å²) in [4.78, 5) is 0. The molecule has 0 amide bonds. The Morgan fingerprint density at radius 1 is 1.39 bits per heavy atom. The van der Waals surface area contributed by atoms with E-state index in [9.17, 15) is 8.42 Å². The average molecular weight is 287 g/mol. The van der Waals surface area contributed by atoms with E-state index >= 15 is 0 Å². The minimum atomic E-state index is -3.54. The first kappa shape index (κ1) is 15.0. The van der Waals surface area contributed by atoms with E-state index in [0.29, 0.717) is 11.4 Å². The van der Waals surface area contributed by atoms with Gasteiger partial charge in [0.2, 0.25) is 10.0 Å². The van der Waals surface area contributed by atoms with Crippen molar-refractivity contribution in [3.05, 3.63) is 34.9 Å². The fraction of sp³-hybridized carbons (Fsp3) is 0.417. The minimum absolute atomic E-state index is 0.280. The smallest absolute Gasteiger partial charge is 0.214 e. The Hall–Kier alpha value is -1.09. The van der Waals surface area contributed by atoms with Crippen molar-refractivity contribution in [3.63, 3.8) is 0 Å². The summed E-state index contributed by atoms with van der Waals surface area (Å²) in [7, 11) is -3.54. The predicted molar refractivity (Wildman–Crippen MR) is 71.8 cm³/mol. The largest absolute Gasteiger partial charge is 0.227 e. The Balaban J connectivity index is 2.52. The van der Waals surface area contributed by atoms with E-state index in [2.05, 4.69) is 4.72 Å². The van der Waals surface area contributed by atoms with Gasteiger partial charge in [0.1, 0.15) is 0 Å². The van der Waals surface area contributed by atoms with Crippen molar-refractivity contribution in [1.82, 2.24) is 4.72 Å². The lowest BCUT2D eigenvalue weighted by molar-refractivity contribution is 0.572. The summed E-state index contributed by atoms with van der Waals surface area (Å²) in [5.41, 5.74) is 0.993. The summed E-state index contributed by atoms with van der Waals surface area (Å²) in [5.74, 6) is 0. The van der Waals surface area contributed by atoms with E-state index in [1.54, 1.807) is 25.1 Å². The monoisotopic (exact) mass is 286 g/mol. The third-order valence-electron chi connectivity index (χ3n) is 2.52. The molecule has 6 heteroatoms. The maximum Gasteiger partial charge on any atom is 0.227 e. The zero-order valence-electron chi connectivity index (χ0n) is 10.1. The van der Waals surface area contributed by atoms with Gasteiger partial charge in [0.05, 0.1) is 6.07 Å². The van der Waals surface area contributed by atoms with Gasteiger partial charge in [0.25, 0.3) is 0 Å². The second-order valence-electron chi connectivity index (χ2n) is 3.84. The first-order valence-corrected chi connectivity index (χ1v) is 7.54. The molecule has 0 aliphatic carbocycles. The molecular weight excluding hydrogens is 272 g/mol. The zero-order valence-corrected chi connectivity index (χ0v) is 11.6. The van der Waals surface area contributed by atoms with Crippen LogP contribution in [0.5, 0.6) is 0 Å². The molecule has 0 saturated carbocycles. The van der Waals surface area contributed by atoms with Gasteiger partial charge in [-0.15, -0.1) is 0 Å². The fourth-order valence-corrected chi connectivity index (χ4v) is 2.76. The van der Waals surface area contributed by atoms with E-state index in [1.165, 1.54) is 0 Å². The summed E-state index contributed by atoms with van der Waals surface area (Å²) in [5, 5.41) is 8.39. The van der Waals surface area contributed by atoms with Crippen LogP contribution in [0.1, 0.15) is 18.9 Å². The molecular formula is C12H15ClN2O2S. The second kappa shape index (κ2) is 6.74. The second-order valence-corrected chi connectivity index (χ2v) is 6.23. The maximum atomic E-state index is 11.7. The predicted octanol–water partition coefficient (Wildman–Crippen LogP) is 2.10. The Morgan fingerprint density at radius 2 is 2.00 bits per heavy atom. The van der Waals surface area contributed by atoms with Crippen LogP contribution in [0.4, 0.5) is 0 Å². The van der Waals surface area contributed by atoms with Crippen molar-refractivity contribution in [2.45, 2.75) is 25.0 Å². The topological polar surface area (TPSA) is 70.0 Å². The number of benzene rings is 1. The summed E-state index contributed by atoms with van der Waals surface area (Å²) < 4.78 is 25.8. The van der Waals surface area contributed by atoms with Crippen LogP contribution in [0, 0.1) is 11.3 Å².